The van der Waals surface area contributed by atoms with Crippen LogP contribution in [0, 0.1) is 11.3 Å². The Bertz CT molecular complexity index is 347. The van der Waals surface area contributed by atoms with E-state index < -0.39 is 0 Å². The molecule has 0 fully saturated rings. The zero-order chi connectivity index (χ0) is 10.6. The lowest BCUT2D eigenvalue weighted by Gasteiger charge is -2.20. The van der Waals surface area contributed by atoms with Crippen molar-refractivity contribution in [2.45, 2.75) is 13.0 Å². The molecule has 0 atom stereocenters. The predicted octanol–water partition coefficient (Wildman–Crippen LogP) is 2.00. The van der Waals surface area contributed by atoms with E-state index in [4.69, 9.17) is 14.4 Å². The first-order valence-electron chi connectivity index (χ1n) is 4.01. The summed E-state index contributed by atoms with van der Waals surface area (Å²) < 4.78 is 16.0. The van der Waals surface area contributed by atoms with E-state index in [9.17, 15) is 0 Å². The number of fused-ring (bicyclic) bond motifs is 1. The van der Waals surface area contributed by atoms with E-state index in [1.807, 2.05) is 0 Å². The van der Waals surface area contributed by atoms with E-state index in [0.29, 0.717) is 5.01 Å². The first kappa shape index (κ1) is 13.9. The SMILES string of the molecule is CN1CCc2nc(C#N)sc2C1.F.FF. The Hall–Kier alpha value is -1.13. The van der Waals surface area contributed by atoms with Crippen LogP contribution in [0.2, 0.25) is 0 Å². The van der Waals surface area contributed by atoms with Gasteiger partial charge in [0.1, 0.15) is 6.07 Å². The number of rotatable bonds is 0. The number of halogens is 3. The van der Waals surface area contributed by atoms with Crippen LogP contribution in [0.5, 0.6) is 0 Å². The average molecular weight is 237 g/mol. The summed E-state index contributed by atoms with van der Waals surface area (Å²) in [4.78, 5) is 7.75. The van der Waals surface area contributed by atoms with Crippen molar-refractivity contribution in [3.8, 4) is 6.07 Å². The Morgan fingerprint density at radius 2 is 2.20 bits per heavy atom. The molecule has 0 aliphatic carbocycles. The minimum Gasteiger partial charge on any atom is -0.301 e. The van der Waals surface area contributed by atoms with E-state index in [0.717, 1.165) is 25.2 Å². The summed E-state index contributed by atoms with van der Waals surface area (Å²) in [5, 5.41) is 9.24. The number of nitriles is 1. The van der Waals surface area contributed by atoms with E-state index in [1.54, 1.807) is 0 Å². The third-order valence-corrected chi connectivity index (χ3v) is 3.00. The van der Waals surface area contributed by atoms with Crippen LogP contribution in [-0.2, 0) is 13.0 Å². The van der Waals surface area contributed by atoms with Gasteiger partial charge in [0, 0.05) is 33.5 Å². The number of nitrogens with zero attached hydrogens (tertiary/aromatic N) is 3. The third kappa shape index (κ3) is 3.18. The molecule has 84 valence electrons. The van der Waals surface area contributed by atoms with Crippen molar-refractivity contribution >= 4 is 11.3 Å². The van der Waals surface area contributed by atoms with Crippen LogP contribution < -0.4 is 0 Å². The van der Waals surface area contributed by atoms with Gasteiger partial charge < -0.3 is 4.90 Å². The van der Waals surface area contributed by atoms with Gasteiger partial charge in [-0.1, -0.05) is 0 Å². The topological polar surface area (TPSA) is 39.9 Å². The van der Waals surface area contributed by atoms with Gasteiger partial charge in [0.25, 0.3) is 0 Å². The lowest BCUT2D eigenvalue weighted by atomic mass is 10.2. The van der Waals surface area contributed by atoms with Crippen LogP contribution in [-0.4, -0.2) is 23.5 Å². The first-order valence-corrected chi connectivity index (χ1v) is 4.83. The Morgan fingerprint density at radius 3 is 2.80 bits per heavy atom. The molecule has 0 saturated heterocycles. The highest BCUT2D eigenvalue weighted by Crippen LogP contribution is 2.23. The Labute approximate surface area is 89.2 Å². The van der Waals surface area contributed by atoms with Gasteiger partial charge in [-0.15, -0.1) is 11.3 Å². The summed E-state index contributed by atoms with van der Waals surface area (Å²) in [5.41, 5.74) is 1.13. The van der Waals surface area contributed by atoms with Gasteiger partial charge in [-0.05, 0) is 7.05 Å². The van der Waals surface area contributed by atoms with Gasteiger partial charge in [0.05, 0.1) is 5.69 Å². The minimum absolute atomic E-state index is 0. The summed E-state index contributed by atoms with van der Waals surface area (Å²) >= 11 is 1.53. The molecule has 1 aliphatic heterocycles. The molecule has 3 nitrogen and oxygen atoms in total. The molecule has 0 saturated carbocycles. The van der Waals surface area contributed by atoms with Crippen molar-refractivity contribution in [1.82, 2.24) is 9.88 Å². The number of thiazole rings is 1. The van der Waals surface area contributed by atoms with Crippen LogP contribution in [0.25, 0.3) is 0 Å². The molecule has 1 aromatic heterocycles. The largest absolute Gasteiger partial charge is 0.301 e. The van der Waals surface area contributed by atoms with Gasteiger partial charge in [0.15, 0.2) is 5.01 Å². The summed E-state index contributed by atoms with van der Waals surface area (Å²) in [6.45, 7) is 2.01. The van der Waals surface area contributed by atoms with Crippen LogP contribution in [0.4, 0.5) is 13.9 Å². The number of likely N-dealkylation sites (N-methyl/N-ethyl adjacent to an activating group) is 1. The summed E-state index contributed by atoms with van der Waals surface area (Å²) in [7, 11) is 2.09. The van der Waals surface area contributed by atoms with Crippen molar-refractivity contribution in [3.05, 3.63) is 15.6 Å². The van der Waals surface area contributed by atoms with Crippen molar-refractivity contribution in [3.63, 3.8) is 0 Å². The summed E-state index contributed by atoms with van der Waals surface area (Å²) in [6, 6.07) is 2.09. The number of aromatic nitrogens is 1. The monoisotopic (exact) mass is 237 g/mol. The van der Waals surface area contributed by atoms with Crippen LogP contribution >= 0.6 is 11.3 Å². The molecular weight excluding hydrogens is 227 g/mol. The van der Waals surface area contributed by atoms with E-state index in [1.165, 1.54) is 16.2 Å². The maximum absolute atomic E-state index is 8.64. The first-order chi connectivity index (χ1) is 6.79. The van der Waals surface area contributed by atoms with Crippen molar-refractivity contribution in [1.29, 1.82) is 5.26 Å². The second kappa shape index (κ2) is 6.37. The van der Waals surface area contributed by atoms with Gasteiger partial charge >= 0.3 is 0 Å². The van der Waals surface area contributed by atoms with Crippen molar-refractivity contribution in [2.24, 2.45) is 0 Å². The standard InChI is InChI=1S/C8H9N3S.F2.FH/c1-11-3-2-6-7(5-11)12-8(4-9)10-6;1-2;/h2-3,5H2,1H3;;1H. The second-order valence-electron chi connectivity index (χ2n) is 2.99. The molecule has 0 unspecified atom stereocenters. The van der Waals surface area contributed by atoms with Gasteiger partial charge in [-0.2, -0.15) is 5.26 Å². The van der Waals surface area contributed by atoms with Crippen molar-refractivity contribution < 1.29 is 13.9 Å². The fourth-order valence-corrected chi connectivity index (χ4v) is 2.36. The third-order valence-electron chi connectivity index (χ3n) is 2.02. The smallest absolute Gasteiger partial charge is 0.194 e. The molecule has 0 spiro atoms. The average Bonchev–Trinajstić information content (AvgIpc) is 2.62. The maximum atomic E-state index is 8.64. The van der Waals surface area contributed by atoms with E-state index >= 15 is 0 Å². The molecule has 1 aromatic rings. The number of hydrogen-bond acceptors (Lipinski definition) is 4. The summed E-state index contributed by atoms with van der Waals surface area (Å²) in [6.07, 6.45) is 0.990. The molecule has 0 amide bonds. The highest BCUT2D eigenvalue weighted by atomic mass is 32.1. The minimum atomic E-state index is 0. The van der Waals surface area contributed by atoms with E-state index in [2.05, 4.69) is 23.0 Å². The van der Waals surface area contributed by atoms with Gasteiger partial charge in [-0.25, -0.2) is 4.98 Å². The molecule has 2 rings (SSSR count). The second-order valence-corrected chi connectivity index (χ2v) is 4.07. The Kier molecular flexibility index (Phi) is 5.89. The quantitative estimate of drug-likeness (QED) is 0.692. The van der Waals surface area contributed by atoms with Crippen molar-refractivity contribution in [2.75, 3.05) is 13.6 Å². The highest BCUT2D eigenvalue weighted by molar-refractivity contribution is 7.12. The van der Waals surface area contributed by atoms with Gasteiger partial charge in [-0.3, -0.25) is 4.70 Å². The maximum Gasteiger partial charge on any atom is 0.194 e. The highest BCUT2D eigenvalue weighted by Gasteiger charge is 2.17. The molecule has 7 heteroatoms. The zero-order valence-corrected chi connectivity index (χ0v) is 8.85. The molecule has 0 aromatic carbocycles. The van der Waals surface area contributed by atoms with Crippen LogP contribution in [0.1, 0.15) is 15.6 Å². The fourth-order valence-electron chi connectivity index (χ4n) is 1.37. The molecule has 0 bridgehead atoms. The zero-order valence-electron chi connectivity index (χ0n) is 8.04. The van der Waals surface area contributed by atoms with E-state index in [-0.39, 0.29) is 4.70 Å². The summed E-state index contributed by atoms with van der Waals surface area (Å²) in [5.74, 6) is 0. The van der Waals surface area contributed by atoms with Crippen LogP contribution in [0.15, 0.2) is 0 Å². The predicted molar refractivity (Wildman–Crippen MR) is 51.6 cm³/mol. The Balaban J connectivity index is 0.000000617. The van der Waals surface area contributed by atoms with Crippen LogP contribution in [0.3, 0.4) is 0 Å². The molecular formula is C8H10F3N3S. The molecule has 15 heavy (non-hydrogen) atoms. The lowest BCUT2D eigenvalue weighted by Crippen LogP contribution is -2.25. The lowest BCUT2D eigenvalue weighted by molar-refractivity contribution is 0.108. The normalized spacial score (nSPS) is 14.0. The molecule has 1 aliphatic rings. The molecule has 2 heterocycles. The Morgan fingerprint density at radius 1 is 1.53 bits per heavy atom. The molecule has 0 N–H and O–H groups in total. The van der Waals surface area contributed by atoms with Gasteiger partial charge in [0.2, 0.25) is 0 Å². The number of hydrogen-bond donors (Lipinski definition) is 0. The fraction of sp³-hybridized carbons (Fsp3) is 0.500. The molecule has 0 radical (unpaired) electrons.